The van der Waals surface area contributed by atoms with Crippen LogP contribution in [0.4, 0.5) is 5.69 Å². The highest BCUT2D eigenvalue weighted by Gasteiger charge is 2.24. The molecule has 0 aliphatic heterocycles. The molecule has 168 valence electrons. The lowest BCUT2D eigenvalue weighted by molar-refractivity contribution is 0.0526. The number of pyridine rings is 1. The highest BCUT2D eigenvalue weighted by molar-refractivity contribution is 9.10. The van der Waals surface area contributed by atoms with Crippen LogP contribution in [0, 0.1) is 6.92 Å². The van der Waals surface area contributed by atoms with Crippen LogP contribution in [-0.2, 0) is 31.0 Å². The van der Waals surface area contributed by atoms with E-state index in [4.69, 9.17) is 4.74 Å². The Hall–Kier alpha value is -2.41. The molecule has 0 saturated heterocycles. The Bertz CT molecular complexity index is 1030. The van der Waals surface area contributed by atoms with Crippen molar-refractivity contribution in [2.24, 2.45) is 7.05 Å². The first-order valence-electron chi connectivity index (χ1n) is 10.7. The number of aromatic nitrogens is 1. The van der Waals surface area contributed by atoms with Gasteiger partial charge in [-0.1, -0.05) is 27.2 Å². The number of rotatable bonds is 8. The van der Waals surface area contributed by atoms with E-state index in [-0.39, 0.29) is 17.0 Å². The van der Waals surface area contributed by atoms with Gasteiger partial charge in [-0.25, -0.2) is 4.79 Å². The van der Waals surface area contributed by atoms with Gasteiger partial charge in [0, 0.05) is 24.1 Å². The van der Waals surface area contributed by atoms with Gasteiger partial charge in [-0.05, 0) is 72.3 Å². The molecule has 2 aromatic rings. The number of nitrogens with zero attached hydrogens (tertiary/aromatic N) is 1. The molecule has 0 atom stereocenters. The van der Waals surface area contributed by atoms with Crippen LogP contribution in [0.5, 0.6) is 0 Å². The van der Waals surface area contributed by atoms with Crippen molar-refractivity contribution < 1.29 is 14.3 Å². The van der Waals surface area contributed by atoms with Crippen molar-refractivity contribution in [3.05, 3.63) is 60.5 Å². The van der Waals surface area contributed by atoms with Gasteiger partial charge in [0.15, 0.2) is 0 Å². The molecule has 1 amide bonds. The average Bonchev–Trinajstić information content (AvgIpc) is 2.76. The van der Waals surface area contributed by atoms with E-state index >= 15 is 0 Å². The fourth-order valence-corrected chi connectivity index (χ4v) is 4.14. The molecule has 1 heterocycles. The monoisotopic (exact) mass is 490 g/mol. The molecule has 0 saturated carbocycles. The third-order valence-corrected chi connectivity index (χ3v) is 6.40. The van der Waals surface area contributed by atoms with Gasteiger partial charge in [-0.3, -0.25) is 9.59 Å². The lowest BCUT2D eigenvalue weighted by atomic mass is 9.98. The molecule has 0 radical (unpaired) electrons. The van der Waals surface area contributed by atoms with Crippen molar-refractivity contribution in [3.63, 3.8) is 0 Å². The maximum atomic E-state index is 13.4. The van der Waals surface area contributed by atoms with Gasteiger partial charge in [-0.2, -0.15) is 0 Å². The zero-order valence-electron chi connectivity index (χ0n) is 19.1. The Morgan fingerprint density at radius 2 is 1.68 bits per heavy atom. The third-order valence-electron chi connectivity index (χ3n) is 5.47. The molecule has 1 aromatic carbocycles. The van der Waals surface area contributed by atoms with E-state index < -0.39 is 5.91 Å². The van der Waals surface area contributed by atoms with Crippen LogP contribution in [-0.4, -0.2) is 23.1 Å². The normalized spacial score (nSPS) is 10.8. The molecule has 0 fully saturated rings. The van der Waals surface area contributed by atoms with E-state index in [1.54, 1.807) is 19.1 Å². The topological polar surface area (TPSA) is 77.4 Å². The number of amides is 1. The fraction of sp³-hybridized carbons (Fsp3) is 0.458. The molecule has 7 heteroatoms. The van der Waals surface area contributed by atoms with Crippen molar-refractivity contribution in [3.8, 4) is 0 Å². The lowest BCUT2D eigenvalue weighted by Gasteiger charge is -2.20. The number of hydrogen-bond acceptors (Lipinski definition) is 4. The molecule has 0 unspecified atom stereocenters. The minimum absolute atomic E-state index is 0.153. The molecule has 0 spiro atoms. The number of hydrogen-bond donors (Lipinski definition) is 1. The van der Waals surface area contributed by atoms with Gasteiger partial charge in [-0.15, -0.1) is 0 Å². The Morgan fingerprint density at radius 3 is 2.16 bits per heavy atom. The molecular formula is C24H31BrN2O4. The standard InChI is InChI=1S/C24H31BrN2O4/c1-7-11-18-19(22(28)20(25)14(5)27(18)6)23(29)26-21-15(8-2)12-17(13-16(21)9-3)24(30)31-10-4/h12-13H,7-11H2,1-6H3,(H,26,29). The highest BCUT2D eigenvalue weighted by atomic mass is 79.9. The van der Waals surface area contributed by atoms with E-state index in [1.807, 2.05) is 39.3 Å². The van der Waals surface area contributed by atoms with E-state index in [2.05, 4.69) is 21.2 Å². The van der Waals surface area contributed by atoms with Crippen LogP contribution < -0.4 is 10.7 Å². The number of carbonyl (C=O) groups excluding carboxylic acids is 2. The molecule has 6 nitrogen and oxygen atoms in total. The quantitative estimate of drug-likeness (QED) is 0.530. The lowest BCUT2D eigenvalue weighted by Crippen LogP contribution is -2.29. The first-order chi connectivity index (χ1) is 14.7. The van der Waals surface area contributed by atoms with Crippen LogP contribution in [0.25, 0.3) is 0 Å². The van der Waals surface area contributed by atoms with Gasteiger partial charge >= 0.3 is 5.97 Å². The molecule has 2 rings (SSSR count). The van der Waals surface area contributed by atoms with Crippen molar-refractivity contribution in [1.29, 1.82) is 0 Å². The maximum Gasteiger partial charge on any atom is 0.338 e. The van der Waals surface area contributed by atoms with Gasteiger partial charge in [0.2, 0.25) is 5.43 Å². The number of esters is 1. The van der Waals surface area contributed by atoms with Crippen LogP contribution in [0.15, 0.2) is 21.4 Å². The minimum atomic E-state index is -0.432. The van der Waals surface area contributed by atoms with E-state index in [9.17, 15) is 14.4 Å². The first kappa shape index (κ1) is 24.9. The summed E-state index contributed by atoms with van der Waals surface area (Å²) in [6.45, 7) is 9.85. The highest BCUT2D eigenvalue weighted by Crippen LogP contribution is 2.27. The van der Waals surface area contributed by atoms with Crippen molar-refractivity contribution in [2.75, 3.05) is 11.9 Å². The summed E-state index contributed by atoms with van der Waals surface area (Å²) in [7, 11) is 1.87. The first-order valence-corrected chi connectivity index (χ1v) is 11.5. The smallest absolute Gasteiger partial charge is 0.338 e. The summed E-state index contributed by atoms with van der Waals surface area (Å²) in [5.74, 6) is -0.815. The molecule has 0 bridgehead atoms. The summed E-state index contributed by atoms with van der Waals surface area (Å²) in [6, 6.07) is 3.51. The zero-order chi connectivity index (χ0) is 23.3. The molecule has 0 aliphatic rings. The summed E-state index contributed by atoms with van der Waals surface area (Å²) in [5.41, 5.74) is 4.12. The molecule has 1 N–H and O–H groups in total. The number of halogens is 1. The van der Waals surface area contributed by atoms with Gasteiger partial charge in [0.05, 0.1) is 16.6 Å². The van der Waals surface area contributed by atoms with Crippen LogP contribution >= 0.6 is 15.9 Å². The van der Waals surface area contributed by atoms with Crippen LogP contribution in [0.2, 0.25) is 0 Å². The second kappa shape index (κ2) is 10.8. The minimum Gasteiger partial charge on any atom is -0.462 e. The zero-order valence-corrected chi connectivity index (χ0v) is 20.7. The second-order valence-corrected chi connectivity index (χ2v) is 8.20. The number of anilines is 1. The van der Waals surface area contributed by atoms with E-state index in [1.165, 1.54) is 0 Å². The fourth-order valence-electron chi connectivity index (χ4n) is 3.68. The van der Waals surface area contributed by atoms with Gasteiger partial charge in [0.25, 0.3) is 5.91 Å². The number of benzene rings is 1. The number of ether oxygens (including phenoxy) is 1. The maximum absolute atomic E-state index is 13.4. The Morgan fingerprint density at radius 1 is 1.10 bits per heavy atom. The predicted octanol–water partition coefficient (Wildman–Crippen LogP) is 4.96. The second-order valence-electron chi connectivity index (χ2n) is 7.41. The summed E-state index contributed by atoms with van der Waals surface area (Å²) in [4.78, 5) is 38.6. The summed E-state index contributed by atoms with van der Waals surface area (Å²) >= 11 is 3.35. The Labute approximate surface area is 192 Å². The van der Waals surface area contributed by atoms with E-state index in [0.29, 0.717) is 47.3 Å². The molecule has 31 heavy (non-hydrogen) atoms. The summed E-state index contributed by atoms with van der Waals surface area (Å²) < 4.78 is 7.43. The van der Waals surface area contributed by atoms with Crippen molar-refractivity contribution in [1.82, 2.24) is 4.57 Å². The summed E-state index contributed by atoms with van der Waals surface area (Å²) in [5, 5.41) is 2.98. The number of carbonyl (C=O) groups is 2. The Kier molecular flexibility index (Phi) is 8.62. The van der Waals surface area contributed by atoms with Gasteiger partial charge < -0.3 is 14.6 Å². The van der Waals surface area contributed by atoms with Crippen molar-refractivity contribution in [2.45, 2.75) is 60.3 Å². The van der Waals surface area contributed by atoms with E-state index in [0.717, 1.165) is 23.2 Å². The van der Waals surface area contributed by atoms with Crippen molar-refractivity contribution >= 4 is 33.5 Å². The molecule has 0 aliphatic carbocycles. The van der Waals surface area contributed by atoms with Crippen LogP contribution in [0.1, 0.15) is 77.3 Å². The molecular weight excluding hydrogens is 460 g/mol. The predicted molar refractivity (Wildman–Crippen MR) is 127 cm³/mol. The summed E-state index contributed by atoms with van der Waals surface area (Å²) in [6.07, 6.45) is 2.66. The SMILES string of the molecule is CCCc1c(C(=O)Nc2c(CC)cc(C(=O)OCC)cc2CC)c(=O)c(Br)c(C)n1C. The van der Waals surface area contributed by atoms with Crippen LogP contribution in [0.3, 0.4) is 0 Å². The largest absolute Gasteiger partial charge is 0.462 e. The average molecular weight is 491 g/mol. The Balaban J connectivity index is 2.61. The number of nitrogens with one attached hydrogen (secondary N) is 1. The van der Waals surface area contributed by atoms with Gasteiger partial charge in [0.1, 0.15) is 5.56 Å². The molecule has 1 aromatic heterocycles. The third kappa shape index (κ3) is 5.09. The number of aryl methyl sites for hydroxylation is 2.